The van der Waals surface area contributed by atoms with Crippen LogP contribution in [0.5, 0.6) is 0 Å². The van der Waals surface area contributed by atoms with Gasteiger partial charge >= 0.3 is 0 Å². The lowest BCUT2D eigenvalue weighted by Gasteiger charge is -2.21. The molecule has 3 N–H and O–H groups in total. The van der Waals surface area contributed by atoms with Gasteiger partial charge < -0.3 is 25.4 Å². The van der Waals surface area contributed by atoms with E-state index in [4.69, 9.17) is 21.7 Å². The normalized spacial score (nSPS) is 27.5. The summed E-state index contributed by atoms with van der Waals surface area (Å²) in [6.45, 7) is 12.7. The molecule has 2 aliphatic heterocycles. The van der Waals surface area contributed by atoms with Crippen molar-refractivity contribution in [3.63, 3.8) is 0 Å². The third-order valence-electron chi connectivity index (χ3n) is 4.78. The standard InChI is InChI=1S/C19H31N5O2S/c1-11(2)8-21-18(27)23-13-10-26-15-12(9-25-16(13)15)22-17-20-7-6-14(24-17)19(3,4)5/h6-7,11-13,15-16H,8-10H2,1-5H3,(H,20,22,24)(H2,21,23,27)/t12-,13-,15+,16+/m0/s1. The molecule has 0 saturated carbocycles. The lowest BCUT2D eigenvalue weighted by Crippen LogP contribution is -2.49. The number of aromatic nitrogens is 2. The lowest BCUT2D eigenvalue weighted by molar-refractivity contribution is 0.0688. The van der Waals surface area contributed by atoms with E-state index in [0.717, 1.165) is 12.2 Å². The zero-order chi connectivity index (χ0) is 19.6. The van der Waals surface area contributed by atoms with E-state index in [1.807, 2.05) is 6.07 Å². The number of nitrogens with zero attached hydrogens (tertiary/aromatic N) is 2. The average Bonchev–Trinajstić information content (AvgIpc) is 3.16. The van der Waals surface area contributed by atoms with E-state index in [9.17, 15) is 0 Å². The zero-order valence-corrected chi connectivity index (χ0v) is 17.6. The Morgan fingerprint density at radius 3 is 2.56 bits per heavy atom. The van der Waals surface area contributed by atoms with Crippen LogP contribution in [0.2, 0.25) is 0 Å². The molecule has 0 aromatic carbocycles. The van der Waals surface area contributed by atoms with Gasteiger partial charge in [-0.3, -0.25) is 0 Å². The second kappa shape index (κ2) is 8.24. The molecule has 4 atom stereocenters. The smallest absolute Gasteiger partial charge is 0.223 e. The van der Waals surface area contributed by atoms with Gasteiger partial charge in [0.15, 0.2) is 5.11 Å². The Hall–Kier alpha value is -1.51. The van der Waals surface area contributed by atoms with Crippen molar-refractivity contribution in [1.29, 1.82) is 0 Å². The number of fused-ring (bicyclic) bond motifs is 1. The van der Waals surface area contributed by atoms with Gasteiger partial charge in [0.25, 0.3) is 0 Å². The number of ether oxygens (including phenoxy) is 2. The summed E-state index contributed by atoms with van der Waals surface area (Å²) in [5.41, 5.74) is 0.981. The molecule has 2 fully saturated rings. The molecule has 7 nitrogen and oxygen atoms in total. The van der Waals surface area contributed by atoms with Crippen molar-refractivity contribution in [2.75, 3.05) is 25.1 Å². The summed E-state index contributed by atoms with van der Waals surface area (Å²) in [6, 6.07) is 2.03. The van der Waals surface area contributed by atoms with E-state index in [0.29, 0.717) is 30.2 Å². The highest BCUT2D eigenvalue weighted by Crippen LogP contribution is 2.29. The molecular weight excluding hydrogens is 362 g/mol. The molecule has 0 amide bonds. The van der Waals surface area contributed by atoms with Crippen LogP contribution in [0.15, 0.2) is 12.3 Å². The number of thiocarbonyl (C=S) groups is 1. The highest BCUT2D eigenvalue weighted by atomic mass is 32.1. The number of rotatable bonds is 5. The van der Waals surface area contributed by atoms with Crippen LogP contribution >= 0.6 is 12.2 Å². The molecule has 27 heavy (non-hydrogen) atoms. The summed E-state index contributed by atoms with van der Waals surface area (Å²) in [6.07, 6.45) is 1.71. The molecule has 0 bridgehead atoms. The number of hydrogen-bond acceptors (Lipinski definition) is 6. The topological polar surface area (TPSA) is 80.3 Å². The molecule has 2 saturated heterocycles. The summed E-state index contributed by atoms with van der Waals surface area (Å²) in [5.74, 6) is 1.16. The summed E-state index contributed by atoms with van der Waals surface area (Å²) in [7, 11) is 0. The third-order valence-corrected chi connectivity index (χ3v) is 5.04. The first-order chi connectivity index (χ1) is 12.7. The van der Waals surface area contributed by atoms with E-state index in [-0.39, 0.29) is 29.7 Å². The fourth-order valence-corrected chi connectivity index (χ4v) is 3.51. The van der Waals surface area contributed by atoms with Crippen LogP contribution in [0, 0.1) is 5.92 Å². The number of nitrogens with one attached hydrogen (secondary N) is 3. The minimum absolute atomic E-state index is 0.0222. The highest BCUT2D eigenvalue weighted by Gasteiger charge is 2.48. The van der Waals surface area contributed by atoms with Crippen molar-refractivity contribution in [2.24, 2.45) is 5.92 Å². The number of anilines is 1. The largest absolute Gasteiger partial charge is 0.371 e. The fraction of sp³-hybridized carbons (Fsp3) is 0.737. The quantitative estimate of drug-likeness (QED) is 0.654. The maximum atomic E-state index is 6.01. The van der Waals surface area contributed by atoms with E-state index in [1.165, 1.54) is 0 Å². The predicted molar refractivity (Wildman–Crippen MR) is 110 cm³/mol. The van der Waals surface area contributed by atoms with Crippen LogP contribution < -0.4 is 16.0 Å². The molecular formula is C19H31N5O2S. The van der Waals surface area contributed by atoms with Crippen molar-refractivity contribution >= 4 is 23.3 Å². The minimum Gasteiger partial charge on any atom is -0.371 e. The third kappa shape index (κ3) is 5.06. The van der Waals surface area contributed by atoms with Crippen molar-refractivity contribution in [1.82, 2.24) is 20.6 Å². The highest BCUT2D eigenvalue weighted by molar-refractivity contribution is 7.80. The Morgan fingerprint density at radius 2 is 1.89 bits per heavy atom. The second-order valence-corrected chi connectivity index (χ2v) is 9.13. The van der Waals surface area contributed by atoms with E-state index < -0.39 is 0 Å². The van der Waals surface area contributed by atoms with Gasteiger partial charge in [-0.05, 0) is 24.2 Å². The summed E-state index contributed by atoms with van der Waals surface area (Å²) < 4.78 is 12.0. The van der Waals surface area contributed by atoms with Crippen molar-refractivity contribution in [3.8, 4) is 0 Å². The molecule has 2 aliphatic rings. The first-order valence-corrected chi connectivity index (χ1v) is 10.0. The van der Waals surface area contributed by atoms with Gasteiger partial charge in [-0.2, -0.15) is 0 Å². The van der Waals surface area contributed by atoms with Gasteiger partial charge in [-0.25, -0.2) is 9.97 Å². The van der Waals surface area contributed by atoms with Gasteiger partial charge in [-0.1, -0.05) is 34.6 Å². The van der Waals surface area contributed by atoms with Gasteiger partial charge in [0.1, 0.15) is 12.2 Å². The zero-order valence-electron chi connectivity index (χ0n) is 16.8. The summed E-state index contributed by atoms with van der Waals surface area (Å²) in [5, 5.41) is 10.6. The number of hydrogen-bond donors (Lipinski definition) is 3. The van der Waals surface area contributed by atoms with Crippen LogP contribution in [0.25, 0.3) is 0 Å². The van der Waals surface area contributed by atoms with Crippen LogP contribution in [0.1, 0.15) is 40.3 Å². The van der Waals surface area contributed by atoms with Crippen LogP contribution in [0.3, 0.4) is 0 Å². The Balaban J connectivity index is 1.57. The Kier molecular flexibility index (Phi) is 6.18. The minimum atomic E-state index is -0.0442. The average molecular weight is 394 g/mol. The Morgan fingerprint density at radius 1 is 1.22 bits per heavy atom. The maximum absolute atomic E-state index is 6.01. The summed E-state index contributed by atoms with van der Waals surface area (Å²) in [4.78, 5) is 9.01. The summed E-state index contributed by atoms with van der Waals surface area (Å²) >= 11 is 5.38. The molecule has 0 aliphatic carbocycles. The molecule has 0 unspecified atom stereocenters. The predicted octanol–water partition coefficient (Wildman–Crippen LogP) is 1.84. The maximum Gasteiger partial charge on any atom is 0.223 e. The van der Waals surface area contributed by atoms with Crippen molar-refractivity contribution < 1.29 is 9.47 Å². The fourth-order valence-electron chi connectivity index (χ4n) is 3.27. The lowest BCUT2D eigenvalue weighted by atomic mass is 9.92. The van der Waals surface area contributed by atoms with Gasteiger partial charge in [-0.15, -0.1) is 0 Å². The van der Waals surface area contributed by atoms with Gasteiger partial charge in [0, 0.05) is 18.2 Å². The molecule has 0 radical (unpaired) electrons. The van der Waals surface area contributed by atoms with E-state index in [1.54, 1.807) is 6.20 Å². The second-order valence-electron chi connectivity index (χ2n) is 8.72. The molecule has 3 heterocycles. The first kappa shape index (κ1) is 20.2. The van der Waals surface area contributed by atoms with Gasteiger partial charge in [0.05, 0.1) is 31.0 Å². The van der Waals surface area contributed by atoms with Gasteiger partial charge in [0.2, 0.25) is 5.95 Å². The molecule has 0 spiro atoms. The van der Waals surface area contributed by atoms with Crippen LogP contribution in [-0.4, -0.2) is 59.1 Å². The molecule has 8 heteroatoms. The molecule has 3 rings (SSSR count). The Labute approximate surface area is 167 Å². The molecule has 1 aromatic rings. The van der Waals surface area contributed by atoms with Crippen molar-refractivity contribution in [2.45, 2.75) is 64.3 Å². The Bertz CT molecular complexity index is 664. The monoisotopic (exact) mass is 393 g/mol. The van der Waals surface area contributed by atoms with Crippen molar-refractivity contribution in [3.05, 3.63) is 18.0 Å². The van der Waals surface area contributed by atoms with E-state index in [2.05, 4.69) is 60.5 Å². The first-order valence-electron chi connectivity index (χ1n) is 9.61. The molecule has 1 aromatic heterocycles. The van der Waals surface area contributed by atoms with Crippen LogP contribution in [-0.2, 0) is 14.9 Å². The SMILES string of the molecule is CC(C)CNC(=S)N[C@H]1CO[C@H]2[C@@H]1OC[C@@H]2Nc1nccc(C(C)(C)C)n1. The van der Waals surface area contributed by atoms with Crippen LogP contribution in [0.4, 0.5) is 5.95 Å². The van der Waals surface area contributed by atoms with E-state index >= 15 is 0 Å². The molecule has 150 valence electrons.